The minimum atomic E-state index is 0.772. The van der Waals surface area contributed by atoms with E-state index in [1.165, 1.54) is 11.1 Å². The predicted octanol–water partition coefficient (Wildman–Crippen LogP) is 4.57. The maximum Gasteiger partial charge on any atom is 0.0520 e. The third kappa shape index (κ3) is 2.15. The van der Waals surface area contributed by atoms with E-state index in [9.17, 15) is 0 Å². The maximum absolute atomic E-state index is 6.01. The number of rotatable bonds is 0. The molecule has 0 saturated carbocycles. The van der Waals surface area contributed by atoms with Crippen LogP contribution in [0.25, 0.3) is 12.2 Å². The summed E-state index contributed by atoms with van der Waals surface area (Å²) in [5.74, 6) is 0. The number of hydrogen-bond donors (Lipinski definition) is 0. The second-order valence-electron chi connectivity index (χ2n) is 4.04. The molecule has 84 valence electrons. The van der Waals surface area contributed by atoms with Gasteiger partial charge in [-0.1, -0.05) is 29.8 Å². The van der Waals surface area contributed by atoms with Gasteiger partial charge in [0.1, 0.15) is 0 Å². The van der Waals surface area contributed by atoms with Gasteiger partial charge >= 0.3 is 0 Å². The van der Waals surface area contributed by atoms with Gasteiger partial charge in [0.25, 0.3) is 0 Å². The van der Waals surface area contributed by atoms with Gasteiger partial charge < -0.3 is 0 Å². The Morgan fingerprint density at radius 3 is 2.82 bits per heavy atom. The second-order valence-corrected chi connectivity index (χ2v) is 5.39. The molecule has 0 amide bonds. The van der Waals surface area contributed by atoms with Crippen molar-refractivity contribution >= 4 is 39.7 Å². The van der Waals surface area contributed by atoms with Crippen LogP contribution < -0.4 is 0 Å². The highest BCUT2D eigenvalue weighted by molar-refractivity contribution is 9.10. The number of nitrogens with zero attached hydrogens (tertiary/aromatic N) is 1. The van der Waals surface area contributed by atoms with Crippen molar-refractivity contribution in [3.8, 4) is 0 Å². The van der Waals surface area contributed by atoms with Gasteiger partial charge in [0.15, 0.2) is 0 Å². The molecule has 1 heterocycles. The van der Waals surface area contributed by atoms with Crippen LogP contribution in [-0.4, -0.2) is 4.98 Å². The molecule has 1 aliphatic rings. The summed E-state index contributed by atoms with van der Waals surface area (Å²) >= 11 is 9.45. The zero-order chi connectivity index (χ0) is 11.8. The number of benzene rings is 1. The summed E-state index contributed by atoms with van der Waals surface area (Å²) in [4.78, 5) is 4.47. The first-order valence-corrected chi connectivity index (χ1v) is 6.50. The van der Waals surface area contributed by atoms with Crippen LogP contribution in [0.5, 0.6) is 0 Å². The molecule has 0 fully saturated rings. The highest BCUT2D eigenvalue weighted by Crippen LogP contribution is 2.27. The number of fused-ring (bicyclic) bond motifs is 2. The van der Waals surface area contributed by atoms with Crippen LogP contribution in [0.1, 0.15) is 22.4 Å². The predicted molar refractivity (Wildman–Crippen MR) is 75.1 cm³/mol. The monoisotopic (exact) mass is 305 g/mol. The molecule has 1 aromatic heterocycles. The molecule has 1 aliphatic carbocycles. The Bertz CT molecular complexity index is 566. The average Bonchev–Trinajstić information content (AvgIpc) is 2.48. The quantitative estimate of drug-likeness (QED) is 0.593. The summed E-state index contributed by atoms with van der Waals surface area (Å²) in [7, 11) is 0. The van der Waals surface area contributed by atoms with Gasteiger partial charge in [0.2, 0.25) is 0 Å². The summed E-state index contributed by atoms with van der Waals surface area (Å²) in [6, 6.07) is 8.08. The number of hydrogen-bond acceptors (Lipinski definition) is 1. The molecule has 1 nitrogen and oxygen atoms in total. The van der Waals surface area contributed by atoms with Gasteiger partial charge in [-0.15, -0.1) is 0 Å². The molecule has 0 spiro atoms. The number of pyridine rings is 1. The Hall–Kier alpha value is -1.12. The fourth-order valence-electron chi connectivity index (χ4n) is 2.02. The van der Waals surface area contributed by atoms with Gasteiger partial charge in [0, 0.05) is 22.1 Å². The molecule has 0 unspecified atom stereocenters. The Kier molecular flexibility index (Phi) is 2.77. The van der Waals surface area contributed by atoms with E-state index in [-0.39, 0.29) is 0 Å². The van der Waals surface area contributed by atoms with Crippen molar-refractivity contribution in [2.75, 3.05) is 0 Å². The Morgan fingerprint density at radius 2 is 1.94 bits per heavy atom. The normalized spacial score (nSPS) is 12.8. The molecule has 0 atom stereocenters. The van der Waals surface area contributed by atoms with E-state index >= 15 is 0 Å². The standard InChI is InChI=1S/C14H9BrClN/c15-12-5-11-2-1-9-6-13(16)4-3-10(9)7-14(11)17-8-12/h1-6,8H,7H2. The van der Waals surface area contributed by atoms with Crippen LogP contribution in [0, 0.1) is 0 Å². The number of halogens is 2. The van der Waals surface area contributed by atoms with E-state index in [0.717, 1.165) is 27.2 Å². The molecule has 1 aromatic carbocycles. The molecule has 0 saturated heterocycles. The van der Waals surface area contributed by atoms with Crippen molar-refractivity contribution in [2.24, 2.45) is 0 Å². The lowest BCUT2D eigenvalue weighted by Gasteiger charge is -2.05. The first kappa shape index (κ1) is 11.0. The summed E-state index contributed by atoms with van der Waals surface area (Å²) < 4.78 is 1.00. The molecule has 0 N–H and O–H groups in total. The van der Waals surface area contributed by atoms with Crippen molar-refractivity contribution in [1.82, 2.24) is 4.98 Å². The van der Waals surface area contributed by atoms with Gasteiger partial charge in [0.05, 0.1) is 5.69 Å². The van der Waals surface area contributed by atoms with Crippen molar-refractivity contribution in [3.05, 3.63) is 62.3 Å². The molecule has 3 heteroatoms. The maximum atomic E-state index is 6.01. The van der Waals surface area contributed by atoms with Gasteiger partial charge in [-0.25, -0.2) is 0 Å². The fraction of sp³-hybridized carbons (Fsp3) is 0.0714. The first-order chi connectivity index (χ1) is 8.22. The summed E-state index contributed by atoms with van der Waals surface area (Å²) in [5.41, 5.74) is 4.70. The topological polar surface area (TPSA) is 12.9 Å². The van der Waals surface area contributed by atoms with E-state index in [0.29, 0.717) is 0 Å². The largest absolute Gasteiger partial charge is 0.259 e. The Balaban J connectivity index is 2.16. The lowest BCUT2D eigenvalue weighted by atomic mass is 10.0. The van der Waals surface area contributed by atoms with Crippen LogP contribution in [0.4, 0.5) is 0 Å². The van der Waals surface area contributed by atoms with Crippen LogP contribution in [0.3, 0.4) is 0 Å². The minimum absolute atomic E-state index is 0.772. The van der Waals surface area contributed by atoms with Crippen LogP contribution in [0.15, 0.2) is 34.9 Å². The van der Waals surface area contributed by atoms with Crippen LogP contribution in [-0.2, 0) is 6.42 Å². The average molecular weight is 307 g/mol. The summed E-state index contributed by atoms with van der Waals surface area (Å²) in [6.45, 7) is 0. The third-order valence-corrected chi connectivity index (χ3v) is 3.55. The van der Waals surface area contributed by atoms with E-state index in [1.807, 2.05) is 18.3 Å². The molecular weight excluding hydrogens is 298 g/mol. The van der Waals surface area contributed by atoms with Gasteiger partial charge in [-0.2, -0.15) is 0 Å². The Labute approximate surface area is 113 Å². The lowest BCUT2D eigenvalue weighted by Crippen LogP contribution is -1.95. The van der Waals surface area contributed by atoms with E-state index < -0.39 is 0 Å². The molecule has 17 heavy (non-hydrogen) atoms. The van der Waals surface area contributed by atoms with Gasteiger partial charge in [-0.3, -0.25) is 4.98 Å². The third-order valence-electron chi connectivity index (χ3n) is 2.88. The van der Waals surface area contributed by atoms with E-state index in [1.54, 1.807) is 0 Å². The molecule has 2 aromatic rings. The first-order valence-electron chi connectivity index (χ1n) is 5.33. The smallest absolute Gasteiger partial charge is 0.0520 e. The van der Waals surface area contributed by atoms with E-state index in [4.69, 9.17) is 11.6 Å². The molecule has 0 radical (unpaired) electrons. The molecular formula is C14H9BrClN. The van der Waals surface area contributed by atoms with Gasteiger partial charge in [-0.05, 0) is 50.8 Å². The SMILES string of the molecule is Clc1ccc2c(c1)C=Cc1cc(Br)cnc1C2. The zero-order valence-electron chi connectivity index (χ0n) is 8.95. The van der Waals surface area contributed by atoms with E-state index in [2.05, 4.69) is 45.2 Å². The minimum Gasteiger partial charge on any atom is -0.259 e. The van der Waals surface area contributed by atoms with Crippen LogP contribution >= 0.6 is 27.5 Å². The molecule has 0 aliphatic heterocycles. The van der Waals surface area contributed by atoms with Crippen molar-refractivity contribution in [2.45, 2.75) is 6.42 Å². The van der Waals surface area contributed by atoms with Crippen LogP contribution in [0.2, 0.25) is 5.02 Å². The summed E-state index contributed by atoms with van der Waals surface area (Å²) in [5, 5.41) is 0.772. The molecule has 0 bridgehead atoms. The zero-order valence-corrected chi connectivity index (χ0v) is 11.3. The lowest BCUT2D eigenvalue weighted by molar-refractivity contribution is 1.06. The Morgan fingerprint density at radius 1 is 1.12 bits per heavy atom. The number of aromatic nitrogens is 1. The van der Waals surface area contributed by atoms with Crippen molar-refractivity contribution < 1.29 is 0 Å². The van der Waals surface area contributed by atoms with Crippen molar-refractivity contribution in [3.63, 3.8) is 0 Å². The molecule has 3 rings (SSSR count). The van der Waals surface area contributed by atoms with Crippen molar-refractivity contribution in [1.29, 1.82) is 0 Å². The fourth-order valence-corrected chi connectivity index (χ4v) is 2.55. The summed E-state index contributed by atoms with van der Waals surface area (Å²) in [6.07, 6.45) is 6.88. The highest BCUT2D eigenvalue weighted by Gasteiger charge is 2.10. The highest BCUT2D eigenvalue weighted by atomic mass is 79.9. The second kappa shape index (κ2) is 4.28.